The average Bonchev–Trinajstić information content (AvgIpc) is 3.24. The molecule has 1 fully saturated rings. The zero-order valence-electron chi connectivity index (χ0n) is 17.8. The van der Waals surface area contributed by atoms with Gasteiger partial charge in [-0.25, -0.2) is 13.2 Å². The monoisotopic (exact) mass is 462 g/mol. The lowest BCUT2D eigenvalue weighted by Crippen LogP contribution is -2.24. The van der Waals surface area contributed by atoms with Gasteiger partial charge >= 0.3 is 5.97 Å². The van der Waals surface area contributed by atoms with Gasteiger partial charge in [-0.2, -0.15) is 0 Å². The van der Waals surface area contributed by atoms with Gasteiger partial charge in [-0.3, -0.25) is 9.10 Å². The molecule has 0 atom stereocenters. The predicted octanol–water partition coefficient (Wildman–Crippen LogP) is 3.99. The standard InChI is InChI=1S/C22H26N2O5S2/c1-4-18-15(3)30-21(20(18)22(26)29-5-2)23-19(25)12-9-16-7-10-17(11-8-16)24-13-6-14-31(24,27)28/h7-12H,4-6,13-14H2,1-3H3,(H,23,25)/b12-9+. The fourth-order valence-corrected chi connectivity index (χ4v) is 6.22. The number of carbonyl (C=O) groups is 2. The molecule has 1 aliphatic heterocycles. The maximum atomic E-state index is 12.5. The Balaban J connectivity index is 1.72. The van der Waals surface area contributed by atoms with Crippen LogP contribution >= 0.6 is 11.3 Å². The molecular formula is C22H26N2O5S2. The second-order valence-electron chi connectivity index (χ2n) is 7.07. The Hall–Kier alpha value is -2.65. The van der Waals surface area contributed by atoms with Crippen molar-refractivity contribution in [1.29, 1.82) is 0 Å². The number of rotatable bonds is 7. The number of aryl methyl sites for hydroxylation is 1. The first kappa shape index (κ1) is 23.0. The summed E-state index contributed by atoms with van der Waals surface area (Å²) < 4.78 is 30.6. The summed E-state index contributed by atoms with van der Waals surface area (Å²) >= 11 is 1.36. The average molecular weight is 463 g/mol. The Morgan fingerprint density at radius 3 is 2.52 bits per heavy atom. The topological polar surface area (TPSA) is 92.8 Å². The van der Waals surface area contributed by atoms with Crippen LogP contribution in [0.15, 0.2) is 30.3 Å². The van der Waals surface area contributed by atoms with Gasteiger partial charge in [0.15, 0.2) is 0 Å². The number of thiophene rings is 1. The molecule has 0 aliphatic carbocycles. The number of hydrogen-bond donors (Lipinski definition) is 1. The van der Waals surface area contributed by atoms with Gasteiger partial charge in [0, 0.05) is 17.5 Å². The van der Waals surface area contributed by atoms with Crippen molar-refractivity contribution in [2.75, 3.05) is 28.5 Å². The molecule has 2 heterocycles. The molecule has 1 amide bonds. The Morgan fingerprint density at radius 2 is 1.94 bits per heavy atom. The van der Waals surface area contributed by atoms with Crippen LogP contribution in [0.1, 0.15) is 46.6 Å². The third-order valence-electron chi connectivity index (χ3n) is 4.99. The number of ether oxygens (including phenoxy) is 1. The Bertz CT molecular complexity index is 1100. The van der Waals surface area contributed by atoms with Crippen molar-refractivity contribution in [2.45, 2.75) is 33.6 Å². The molecule has 3 rings (SSSR count). The summed E-state index contributed by atoms with van der Waals surface area (Å²) in [6.45, 7) is 6.37. The molecule has 0 saturated carbocycles. The smallest absolute Gasteiger partial charge is 0.341 e. The van der Waals surface area contributed by atoms with Gasteiger partial charge in [0.25, 0.3) is 0 Å². The molecule has 1 aromatic carbocycles. The SMILES string of the molecule is CCOC(=O)c1c(NC(=O)/C=C/c2ccc(N3CCCS3(=O)=O)cc2)sc(C)c1CC. The number of esters is 1. The third kappa shape index (κ3) is 5.16. The molecule has 1 aromatic heterocycles. The first-order chi connectivity index (χ1) is 14.8. The van der Waals surface area contributed by atoms with E-state index in [4.69, 9.17) is 4.74 Å². The van der Waals surface area contributed by atoms with Crippen LogP contribution in [0.5, 0.6) is 0 Å². The molecule has 9 heteroatoms. The van der Waals surface area contributed by atoms with E-state index in [1.54, 1.807) is 37.3 Å². The quantitative estimate of drug-likeness (QED) is 0.496. The summed E-state index contributed by atoms with van der Waals surface area (Å²) in [5, 5.41) is 3.27. The van der Waals surface area contributed by atoms with E-state index in [9.17, 15) is 18.0 Å². The van der Waals surface area contributed by atoms with E-state index in [-0.39, 0.29) is 18.3 Å². The summed E-state index contributed by atoms with van der Waals surface area (Å²) in [4.78, 5) is 25.8. The van der Waals surface area contributed by atoms with E-state index in [2.05, 4.69) is 5.32 Å². The Kier molecular flexibility index (Phi) is 7.17. The van der Waals surface area contributed by atoms with Crippen LogP contribution in [-0.4, -0.2) is 39.2 Å². The first-order valence-corrected chi connectivity index (χ1v) is 12.6. The molecule has 0 spiro atoms. The zero-order chi connectivity index (χ0) is 22.6. The fourth-order valence-electron chi connectivity index (χ4n) is 3.52. The highest BCUT2D eigenvalue weighted by molar-refractivity contribution is 7.93. The summed E-state index contributed by atoms with van der Waals surface area (Å²) in [5.41, 5.74) is 2.69. The third-order valence-corrected chi connectivity index (χ3v) is 7.92. The Morgan fingerprint density at radius 1 is 1.23 bits per heavy atom. The minimum absolute atomic E-state index is 0.171. The zero-order valence-corrected chi connectivity index (χ0v) is 19.4. The van der Waals surface area contributed by atoms with Crippen LogP contribution < -0.4 is 9.62 Å². The van der Waals surface area contributed by atoms with E-state index in [1.165, 1.54) is 21.7 Å². The molecule has 0 radical (unpaired) electrons. The number of benzene rings is 1. The maximum Gasteiger partial charge on any atom is 0.341 e. The molecule has 1 N–H and O–H groups in total. The van der Waals surface area contributed by atoms with E-state index in [0.29, 0.717) is 35.6 Å². The van der Waals surface area contributed by atoms with Crippen LogP contribution in [-0.2, 0) is 26.0 Å². The normalized spacial score (nSPS) is 15.4. The largest absolute Gasteiger partial charge is 0.462 e. The van der Waals surface area contributed by atoms with Crippen LogP contribution in [0.2, 0.25) is 0 Å². The molecule has 1 saturated heterocycles. The highest BCUT2D eigenvalue weighted by Gasteiger charge is 2.28. The van der Waals surface area contributed by atoms with Crippen LogP contribution in [0, 0.1) is 6.92 Å². The number of sulfonamides is 1. The van der Waals surface area contributed by atoms with Gasteiger partial charge < -0.3 is 10.1 Å². The summed E-state index contributed by atoms with van der Waals surface area (Å²) in [7, 11) is -3.22. The lowest BCUT2D eigenvalue weighted by atomic mass is 10.1. The van der Waals surface area contributed by atoms with Crippen molar-refractivity contribution < 1.29 is 22.7 Å². The number of hydrogen-bond acceptors (Lipinski definition) is 6. The molecule has 166 valence electrons. The summed E-state index contributed by atoms with van der Waals surface area (Å²) in [6.07, 6.45) is 4.32. The van der Waals surface area contributed by atoms with E-state index in [0.717, 1.165) is 16.0 Å². The summed E-state index contributed by atoms with van der Waals surface area (Å²) in [6, 6.07) is 6.99. The molecule has 1 aliphatic rings. The Labute approximate surface area is 186 Å². The second kappa shape index (κ2) is 9.65. The highest BCUT2D eigenvalue weighted by Crippen LogP contribution is 2.34. The van der Waals surface area contributed by atoms with Crippen LogP contribution in [0.4, 0.5) is 10.7 Å². The minimum atomic E-state index is -3.22. The van der Waals surface area contributed by atoms with Crippen molar-refractivity contribution in [3.63, 3.8) is 0 Å². The van der Waals surface area contributed by atoms with Gasteiger partial charge in [-0.1, -0.05) is 19.1 Å². The van der Waals surface area contributed by atoms with Gasteiger partial charge in [0.2, 0.25) is 15.9 Å². The van der Waals surface area contributed by atoms with Crippen molar-refractivity contribution in [3.05, 3.63) is 51.9 Å². The molecule has 0 bridgehead atoms. The fraction of sp³-hybridized carbons (Fsp3) is 0.364. The molecular weight excluding hydrogens is 436 g/mol. The van der Waals surface area contributed by atoms with E-state index >= 15 is 0 Å². The van der Waals surface area contributed by atoms with Gasteiger partial charge in [-0.05, 0) is 56.0 Å². The molecule has 0 unspecified atom stereocenters. The van der Waals surface area contributed by atoms with Crippen LogP contribution in [0.3, 0.4) is 0 Å². The molecule has 31 heavy (non-hydrogen) atoms. The molecule has 2 aromatic rings. The predicted molar refractivity (Wildman–Crippen MR) is 124 cm³/mol. The van der Waals surface area contributed by atoms with Crippen molar-refractivity contribution in [3.8, 4) is 0 Å². The van der Waals surface area contributed by atoms with Crippen molar-refractivity contribution >= 4 is 50.0 Å². The van der Waals surface area contributed by atoms with Gasteiger partial charge in [-0.15, -0.1) is 11.3 Å². The number of anilines is 2. The van der Waals surface area contributed by atoms with E-state index in [1.807, 2.05) is 13.8 Å². The van der Waals surface area contributed by atoms with Crippen molar-refractivity contribution in [1.82, 2.24) is 0 Å². The van der Waals surface area contributed by atoms with E-state index < -0.39 is 16.0 Å². The lowest BCUT2D eigenvalue weighted by Gasteiger charge is -2.16. The minimum Gasteiger partial charge on any atom is -0.462 e. The number of nitrogens with zero attached hydrogens (tertiary/aromatic N) is 1. The maximum absolute atomic E-state index is 12.5. The molecule has 7 nitrogen and oxygen atoms in total. The van der Waals surface area contributed by atoms with Crippen molar-refractivity contribution in [2.24, 2.45) is 0 Å². The number of carbonyl (C=O) groups excluding carboxylic acids is 2. The van der Waals surface area contributed by atoms with Gasteiger partial charge in [0.1, 0.15) is 5.00 Å². The number of amides is 1. The lowest BCUT2D eigenvalue weighted by molar-refractivity contribution is -0.111. The summed E-state index contributed by atoms with van der Waals surface area (Å²) in [5.74, 6) is -0.624. The van der Waals surface area contributed by atoms with Gasteiger partial charge in [0.05, 0.1) is 23.6 Å². The van der Waals surface area contributed by atoms with Crippen LogP contribution in [0.25, 0.3) is 6.08 Å². The number of nitrogens with one attached hydrogen (secondary N) is 1. The highest BCUT2D eigenvalue weighted by atomic mass is 32.2. The first-order valence-electron chi connectivity index (χ1n) is 10.2. The second-order valence-corrected chi connectivity index (χ2v) is 10.3.